The largest absolute Gasteiger partial charge is 0.449 e. The molecular formula is C35H40N8O12. The van der Waals surface area contributed by atoms with Crippen LogP contribution in [0.25, 0.3) is 0 Å². The highest BCUT2D eigenvalue weighted by atomic mass is 16.6. The quantitative estimate of drug-likeness (QED) is 0.131. The van der Waals surface area contributed by atoms with Crippen LogP contribution in [0.4, 0.5) is 9.59 Å². The molecule has 292 valence electrons. The fourth-order valence-corrected chi connectivity index (χ4v) is 10.3. The Morgan fingerprint density at radius 3 is 1.35 bits per heavy atom. The fraction of sp³-hybridized carbons (Fsp3) is 0.543. The number of Topliss-reactive ketones (excluding diaryl/α,β-unsaturated/α-hetero) is 4. The van der Waals surface area contributed by atoms with E-state index in [9.17, 15) is 38.4 Å². The van der Waals surface area contributed by atoms with Gasteiger partial charge < -0.3 is 61.5 Å². The van der Waals surface area contributed by atoms with E-state index in [1.807, 2.05) is 0 Å². The van der Waals surface area contributed by atoms with Gasteiger partial charge in [-0.15, -0.1) is 0 Å². The molecule has 55 heavy (non-hydrogen) atoms. The fourth-order valence-electron chi connectivity index (χ4n) is 10.3. The summed E-state index contributed by atoms with van der Waals surface area (Å²) in [6, 6.07) is -2.02. The number of ketones is 4. The molecule has 0 spiro atoms. The molecule has 0 aromatic carbocycles. The van der Waals surface area contributed by atoms with Crippen LogP contribution in [0, 0.1) is 11.8 Å². The number of primary amides is 2. The summed E-state index contributed by atoms with van der Waals surface area (Å²) in [5.74, 6) is -4.63. The molecule has 8 atom stereocenters. The maximum atomic E-state index is 13.7. The molecule has 0 unspecified atom stereocenters. The van der Waals surface area contributed by atoms with Gasteiger partial charge in [-0.2, -0.15) is 0 Å². The molecule has 0 aromatic heterocycles. The van der Waals surface area contributed by atoms with E-state index >= 15 is 0 Å². The lowest BCUT2D eigenvalue weighted by molar-refractivity contribution is -0.154. The van der Waals surface area contributed by atoms with Crippen molar-refractivity contribution in [3.8, 4) is 0 Å². The zero-order valence-corrected chi connectivity index (χ0v) is 30.4. The summed E-state index contributed by atoms with van der Waals surface area (Å²) in [5, 5.41) is 0. The Kier molecular flexibility index (Phi) is 7.82. The van der Waals surface area contributed by atoms with E-state index in [2.05, 4.69) is 0 Å². The zero-order valence-electron chi connectivity index (χ0n) is 30.4. The third-order valence-corrected chi connectivity index (χ3v) is 12.7. The Morgan fingerprint density at radius 2 is 1.02 bits per heavy atom. The average Bonchev–Trinajstić information content (AvgIpc) is 3.88. The van der Waals surface area contributed by atoms with Crippen molar-refractivity contribution in [1.29, 1.82) is 0 Å². The minimum atomic E-state index is -1.42. The van der Waals surface area contributed by atoms with Gasteiger partial charge in [0, 0.05) is 62.4 Å². The molecule has 4 amide bonds. The van der Waals surface area contributed by atoms with Crippen LogP contribution in [0.3, 0.4) is 0 Å². The predicted molar refractivity (Wildman–Crippen MR) is 181 cm³/mol. The standard InChI is InChI=1S/C35H40N8O12/c1-12-22(36)28(48)20-14(10-54-32(38)50)34(52-3)30-16(8-40(34)24(20)26(12)46)42(30)18(44)6-5-7-19(45)43-17-9-41-25-21(29(49)23(37)13(2)27(25)47)15(11-55-33(39)51)35(41,53-4)31(17)43/h14-17,30-31H,5-11,36-37H2,1-4H3,(H2,38,50)(H2,39,51)/t14-,15-,16+,17+,30+,31+,34-,35-,42?,43?/m1/s1. The van der Waals surface area contributed by atoms with E-state index in [-0.39, 0.29) is 89.2 Å². The summed E-state index contributed by atoms with van der Waals surface area (Å²) < 4.78 is 22.4. The van der Waals surface area contributed by atoms with E-state index in [4.69, 9.17) is 41.9 Å². The summed E-state index contributed by atoms with van der Waals surface area (Å²) in [5.41, 5.74) is 19.7. The van der Waals surface area contributed by atoms with Crippen LogP contribution < -0.4 is 22.9 Å². The van der Waals surface area contributed by atoms with Gasteiger partial charge in [-0.3, -0.25) is 28.8 Å². The average molecular weight is 765 g/mol. The van der Waals surface area contributed by atoms with Gasteiger partial charge in [-0.25, -0.2) is 9.59 Å². The number of amides is 4. The highest BCUT2D eigenvalue weighted by Gasteiger charge is 2.79. The maximum Gasteiger partial charge on any atom is 0.404 e. The molecule has 0 aromatic rings. The van der Waals surface area contributed by atoms with E-state index in [1.54, 1.807) is 19.6 Å². The number of hydrogen-bond donors (Lipinski definition) is 4. The van der Waals surface area contributed by atoms with Crippen molar-refractivity contribution >= 4 is 47.1 Å². The lowest BCUT2D eigenvalue weighted by atomic mass is 9.82. The molecule has 6 aliphatic heterocycles. The molecule has 0 saturated carbocycles. The van der Waals surface area contributed by atoms with Crippen LogP contribution in [-0.4, -0.2) is 143 Å². The molecule has 20 heteroatoms. The third-order valence-electron chi connectivity index (χ3n) is 12.7. The van der Waals surface area contributed by atoms with E-state index in [0.29, 0.717) is 0 Å². The third kappa shape index (κ3) is 4.45. The van der Waals surface area contributed by atoms with Crippen molar-refractivity contribution < 1.29 is 57.3 Å². The van der Waals surface area contributed by atoms with E-state index in [0.717, 1.165) is 0 Å². The van der Waals surface area contributed by atoms with Crippen molar-refractivity contribution in [2.45, 2.75) is 68.7 Å². The monoisotopic (exact) mass is 764 g/mol. The van der Waals surface area contributed by atoms with Crippen LogP contribution in [0.2, 0.25) is 0 Å². The Balaban J connectivity index is 0.955. The number of hydrogen-bond acceptors (Lipinski definition) is 16. The number of methoxy groups -OCH3 is 2. The van der Waals surface area contributed by atoms with Crippen molar-refractivity contribution in [3.63, 3.8) is 0 Å². The predicted octanol–water partition coefficient (Wildman–Crippen LogP) is -2.64. The Labute approximate surface area is 312 Å². The zero-order chi connectivity index (χ0) is 39.8. The van der Waals surface area contributed by atoms with Crippen LogP contribution >= 0.6 is 0 Å². The van der Waals surface area contributed by atoms with Gasteiger partial charge >= 0.3 is 12.2 Å². The van der Waals surface area contributed by atoms with Crippen LogP contribution in [-0.2, 0) is 47.7 Å². The summed E-state index contributed by atoms with van der Waals surface area (Å²) >= 11 is 0. The minimum absolute atomic E-state index is 0.0253. The van der Waals surface area contributed by atoms with Gasteiger partial charge in [-0.05, 0) is 20.3 Å². The van der Waals surface area contributed by atoms with Crippen LogP contribution in [0.5, 0.6) is 0 Å². The lowest BCUT2D eigenvalue weighted by Crippen LogP contribution is -2.56. The SMILES string of the molecule is CO[C@@]12[C@H](COC(N)=O)C3=C(C(=O)C(C)=C(N)C3=O)N1C[C@H]1[C@@H]2N1C(=O)CCCC(=O)N1[C@H]2[C@@H]1CN1C3=C(C(=O)C(N)=C(C)C3=O)[C@@H](COC(N)=O)[C@@]21OC. The summed E-state index contributed by atoms with van der Waals surface area (Å²) in [4.78, 5) is 111. The number of ether oxygens (including phenoxy) is 4. The van der Waals surface area contributed by atoms with Crippen LogP contribution in [0.1, 0.15) is 33.1 Å². The molecule has 2 aliphatic carbocycles. The molecule has 0 bridgehead atoms. The van der Waals surface area contributed by atoms with Crippen LogP contribution in [0.15, 0.2) is 45.1 Å². The number of piperazine rings is 2. The molecule has 8 aliphatic rings. The van der Waals surface area contributed by atoms with Crippen molar-refractivity contribution in [2.24, 2.45) is 34.8 Å². The van der Waals surface area contributed by atoms with Crippen molar-refractivity contribution in [2.75, 3.05) is 40.5 Å². The summed E-state index contributed by atoms with van der Waals surface area (Å²) in [6.45, 7) is 2.44. The second-order valence-corrected chi connectivity index (χ2v) is 14.9. The number of rotatable bonds is 10. The van der Waals surface area contributed by atoms with Gasteiger partial charge in [-0.1, -0.05) is 0 Å². The first kappa shape index (κ1) is 36.2. The number of allylic oxidation sites excluding steroid dienone is 4. The Hall–Kier alpha value is -5.76. The van der Waals surface area contributed by atoms with Gasteiger partial charge in [0.1, 0.15) is 25.3 Å². The normalized spacial score (nSPS) is 33.9. The highest BCUT2D eigenvalue weighted by molar-refractivity contribution is 6.26. The molecular weight excluding hydrogens is 724 g/mol. The first-order chi connectivity index (χ1) is 26.0. The lowest BCUT2D eigenvalue weighted by Gasteiger charge is -2.41. The number of carbonyl (C=O) groups excluding carboxylic acids is 8. The summed E-state index contributed by atoms with van der Waals surface area (Å²) in [7, 11) is 2.77. The first-order valence-corrected chi connectivity index (χ1v) is 17.7. The van der Waals surface area contributed by atoms with Gasteiger partial charge in [0.25, 0.3) is 0 Å². The second kappa shape index (κ2) is 11.9. The van der Waals surface area contributed by atoms with Crippen molar-refractivity contribution in [3.05, 3.63) is 45.1 Å². The van der Waals surface area contributed by atoms with E-state index < -0.39 is 96.0 Å². The number of fused-ring (bicyclic) bond motifs is 8. The van der Waals surface area contributed by atoms with Gasteiger partial charge in [0.05, 0.1) is 46.7 Å². The Bertz CT molecular complexity index is 1950. The maximum absolute atomic E-state index is 13.7. The van der Waals surface area contributed by atoms with Crippen molar-refractivity contribution in [1.82, 2.24) is 19.6 Å². The molecule has 4 saturated heterocycles. The number of nitrogens with two attached hydrogens (primary N) is 4. The first-order valence-electron chi connectivity index (χ1n) is 17.7. The smallest absolute Gasteiger partial charge is 0.404 e. The molecule has 8 N–H and O–H groups in total. The van der Waals surface area contributed by atoms with E-state index in [1.165, 1.54) is 28.1 Å². The Morgan fingerprint density at radius 1 is 0.655 bits per heavy atom. The van der Waals surface area contributed by atoms with Gasteiger partial charge in [0.15, 0.2) is 11.4 Å². The minimum Gasteiger partial charge on any atom is -0.449 e. The molecule has 8 rings (SSSR count). The summed E-state index contributed by atoms with van der Waals surface area (Å²) in [6.07, 6.45) is -2.08. The highest BCUT2D eigenvalue weighted by Crippen LogP contribution is 2.61. The number of nitrogens with zero attached hydrogens (tertiary/aromatic N) is 4. The molecule has 0 radical (unpaired) electrons. The molecule has 6 heterocycles. The molecule has 20 nitrogen and oxygen atoms in total. The molecule has 4 fully saturated rings. The second-order valence-electron chi connectivity index (χ2n) is 14.9. The van der Waals surface area contributed by atoms with Gasteiger partial charge in [0.2, 0.25) is 34.9 Å². The topological polar surface area (TPSA) is 290 Å². The number of carbonyl (C=O) groups is 8.